The Morgan fingerprint density at radius 2 is 1.89 bits per heavy atom. The van der Waals surface area contributed by atoms with Crippen molar-refractivity contribution in [2.24, 2.45) is 17.6 Å². The van der Waals surface area contributed by atoms with Gasteiger partial charge in [0.15, 0.2) is 0 Å². The van der Waals surface area contributed by atoms with E-state index in [1.165, 1.54) is 38.9 Å². The minimum Gasteiger partial charge on any atom is -0.341 e. The van der Waals surface area contributed by atoms with Gasteiger partial charge in [-0.1, -0.05) is 20.3 Å². The Morgan fingerprint density at radius 1 is 1.21 bits per heavy atom. The number of nitrogens with two attached hydrogens (primary N) is 1. The maximum Gasteiger partial charge on any atom is 0.239 e. The summed E-state index contributed by atoms with van der Waals surface area (Å²) in [5, 5.41) is 0. The lowest BCUT2D eigenvalue weighted by atomic mass is 10.0. The van der Waals surface area contributed by atoms with Crippen molar-refractivity contribution in [2.75, 3.05) is 32.7 Å². The molecule has 2 rings (SSSR count). The minimum absolute atomic E-state index is 0.149. The first-order chi connectivity index (χ1) is 9.08. The van der Waals surface area contributed by atoms with Gasteiger partial charge in [-0.05, 0) is 44.2 Å². The van der Waals surface area contributed by atoms with E-state index in [0.717, 1.165) is 19.5 Å². The molecule has 4 heteroatoms. The molecule has 0 bridgehead atoms. The largest absolute Gasteiger partial charge is 0.341 e. The number of carbonyl (C=O) groups is 1. The minimum atomic E-state index is -0.325. The van der Waals surface area contributed by atoms with Crippen molar-refractivity contribution in [2.45, 2.75) is 45.6 Å². The first-order valence-electron chi connectivity index (χ1n) is 7.84. The molecule has 0 aromatic rings. The standard InChI is InChI=1S/C15H29N3O/c1-12(2)14(16)15(19)18-9-6-13(11-18)10-17-7-4-3-5-8-17/h12-14H,3-11,16H2,1-2H3/t13?,14-/m0/s1. The van der Waals surface area contributed by atoms with Gasteiger partial charge in [-0.3, -0.25) is 4.79 Å². The van der Waals surface area contributed by atoms with E-state index in [2.05, 4.69) is 4.90 Å². The second-order valence-electron chi connectivity index (χ2n) is 6.57. The van der Waals surface area contributed by atoms with E-state index >= 15 is 0 Å². The smallest absolute Gasteiger partial charge is 0.239 e. The molecule has 4 nitrogen and oxygen atoms in total. The highest BCUT2D eigenvalue weighted by Gasteiger charge is 2.31. The molecule has 0 radical (unpaired) electrons. The van der Waals surface area contributed by atoms with Crippen LogP contribution in [0.25, 0.3) is 0 Å². The molecule has 2 aliphatic rings. The van der Waals surface area contributed by atoms with Gasteiger partial charge in [-0.25, -0.2) is 0 Å². The Kier molecular flexibility index (Phi) is 5.22. The Morgan fingerprint density at radius 3 is 2.53 bits per heavy atom. The molecule has 0 spiro atoms. The van der Waals surface area contributed by atoms with Crippen LogP contribution in [-0.2, 0) is 4.79 Å². The maximum absolute atomic E-state index is 12.2. The van der Waals surface area contributed by atoms with Gasteiger partial charge in [0.2, 0.25) is 5.91 Å². The Bertz CT molecular complexity index is 300. The second kappa shape index (κ2) is 6.71. The SMILES string of the molecule is CC(C)[C@H](N)C(=O)N1CCC(CN2CCCCC2)C1. The Hall–Kier alpha value is -0.610. The van der Waals surface area contributed by atoms with Crippen molar-refractivity contribution in [3.8, 4) is 0 Å². The maximum atomic E-state index is 12.2. The van der Waals surface area contributed by atoms with Crippen molar-refractivity contribution in [3.05, 3.63) is 0 Å². The summed E-state index contributed by atoms with van der Waals surface area (Å²) < 4.78 is 0. The summed E-state index contributed by atoms with van der Waals surface area (Å²) in [6.45, 7) is 9.51. The highest BCUT2D eigenvalue weighted by atomic mass is 16.2. The number of hydrogen-bond acceptors (Lipinski definition) is 3. The molecule has 19 heavy (non-hydrogen) atoms. The van der Waals surface area contributed by atoms with Gasteiger partial charge in [0.25, 0.3) is 0 Å². The summed E-state index contributed by atoms with van der Waals surface area (Å²) in [7, 11) is 0. The zero-order chi connectivity index (χ0) is 13.8. The van der Waals surface area contributed by atoms with Crippen molar-refractivity contribution >= 4 is 5.91 Å². The van der Waals surface area contributed by atoms with E-state index in [0.29, 0.717) is 5.92 Å². The molecule has 2 heterocycles. The molecule has 0 aromatic carbocycles. The normalized spacial score (nSPS) is 26.9. The van der Waals surface area contributed by atoms with Gasteiger partial charge in [-0.15, -0.1) is 0 Å². The summed E-state index contributed by atoms with van der Waals surface area (Å²) >= 11 is 0. The zero-order valence-electron chi connectivity index (χ0n) is 12.5. The van der Waals surface area contributed by atoms with Crippen LogP contribution in [0.2, 0.25) is 0 Å². The van der Waals surface area contributed by atoms with Gasteiger partial charge in [0.1, 0.15) is 0 Å². The summed E-state index contributed by atoms with van der Waals surface area (Å²) in [6.07, 6.45) is 5.21. The summed E-state index contributed by atoms with van der Waals surface area (Å²) in [6, 6.07) is -0.325. The number of amides is 1. The zero-order valence-corrected chi connectivity index (χ0v) is 12.5. The first-order valence-corrected chi connectivity index (χ1v) is 7.84. The first kappa shape index (κ1) is 14.8. The number of piperidine rings is 1. The number of rotatable bonds is 4. The van der Waals surface area contributed by atoms with E-state index < -0.39 is 0 Å². The molecule has 1 unspecified atom stereocenters. The summed E-state index contributed by atoms with van der Waals surface area (Å²) in [5.74, 6) is 1.03. The Balaban J connectivity index is 1.77. The molecule has 110 valence electrons. The van der Waals surface area contributed by atoms with Crippen LogP contribution in [0.5, 0.6) is 0 Å². The van der Waals surface area contributed by atoms with Gasteiger partial charge in [0.05, 0.1) is 6.04 Å². The fourth-order valence-electron chi connectivity index (χ4n) is 3.18. The van der Waals surface area contributed by atoms with Crippen LogP contribution in [0.1, 0.15) is 39.5 Å². The molecule has 2 fully saturated rings. The number of likely N-dealkylation sites (tertiary alicyclic amines) is 2. The molecule has 2 saturated heterocycles. The fraction of sp³-hybridized carbons (Fsp3) is 0.933. The Labute approximate surface area is 117 Å². The van der Waals surface area contributed by atoms with Crippen LogP contribution in [-0.4, -0.2) is 54.5 Å². The quantitative estimate of drug-likeness (QED) is 0.835. The van der Waals surface area contributed by atoms with Crippen LogP contribution in [0.4, 0.5) is 0 Å². The van der Waals surface area contributed by atoms with Gasteiger partial charge >= 0.3 is 0 Å². The summed E-state index contributed by atoms with van der Waals surface area (Å²) in [5.41, 5.74) is 5.97. The molecule has 0 aromatic heterocycles. The average molecular weight is 267 g/mol. The lowest BCUT2D eigenvalue weighted by Gasteiger charge is -2.29. The second-order valence-corrected chi connectivity index (χ2v) is 6.57. The highest BCUT2D eigenvalue weighted by molar-refractivity contribution is 5.82. The molecule has 2 aliphatic heterocycles. The van der Waals surface area contributed by atoms with Gasteiger partial charge in [-0.2, -0.15) is 0 Å². The third-order valence-corrected chi connectivity index (χ3v) is 4.57. The molecule has 2 N–H and O–H groups in total. The highest BCUT2D eigenvalue weighted by Crippen LogP contribution is 2.21. The molecule has 0 saturated carbocycles. The van der Waals surface area contributed by atoms with Crippen LogP contribution in [0.3, 0.4) is 0 Å². The third kappa shape index (κ3) is 3.93. The van der Waals surface area contributed by atoms with Crippen LogP contribution in [0.15, 0.2) is 0 Å². The molecule has 2 atom stereocenters. The molecule has 0 aliphatic carbocycles. The lowest BCUT2D eigenvalue weighted by Crippen LogP contribution is -2.46. The monoisotopic (exact) mass is 267 g/mol. The predicted molar refractivity (Wildman–Crippen MR) is 77.8 cm³/mol. The van der Waals surface area contributed by atoms with Gasteiger partial charge in [0, 0.05) is 19.6 Å². The average Bonchev–Trinajstić information content (AvgIpc) is 2.86. The van der Waals surface area contributed by atoms with E-state index in [4.69, 9.17) is 5.73 Å². The summed E-state index contributed by atoms with van der Waals surface area (Å²) in [4.78, 5) is 16.8. The fourth-order valence-corrected chi connectivity index (χ4v) is 3.18. The molecule has 1 amide bonds. The predicted octanol–water partition coefficient (Wildman–Crippen LogP) is 1.30. The van der Waals surface area contributed by atoms with Gasteiger partial charge < -0.3 is 15.5 Å². The van der Waals surface area contributed by atoms with Crippen molar-refractivity contribution in [1.29, 1.82) is 0 Å². The van der Waals surface area contributed by atoms with Crippen molar-refractivity contribution in [3.63, 3.8) is 0 Å². The third-order valence-electron chi connectivity index (χ3n) is 4.57. The number of carbonyl (C=O) groups excluding carboxylic acids is 1. The van der Waals surface area contributed by atoms with Crippen LogP contribution >= 0.6 is 0 Å². The van der Waals surface area contributed by atoms with Crippen molar-refractivity contribution in [1.82, 2.24) is 9.80 Å². The van der Waals surface area contributed by atoms with Crippen LogP contribution in [0, 0.1) is 11.8 Å². The lowest BCUT2D eigenvalue weighted by molar-refractivity contribution is -0.132. The molecular formula is C15H29N3O. The van der Waals surface area contributed by atoms with E-state index in [1.807, 2.05) is 18.7 Å². The van der Waals surface area contributed by atoms with E-state index in [1.54, 1.807) is 0 Å². The number of nitrogens with zero attached hydrogens (tertiary/aromatic N) is 2. The topological polar surface area (TPSA) is 49.6 Å². The van der Waals surface area contributed by atoms with E-state index in [9.17, 15) is 4.79 Å². The van der Waals surface area contributed by atoms with Crippen molar-refractivity contribution < 1.29 is 4.79 Å². The van der Waals surface area contributed by atoms with E-state index in [-0.39, 0.29) is 17.9 Å². The van der Waals surface area contributed by atoms with Crippen LogP contribution < -0.4 is 5.73 Å². The number of hydrogen-bond donors (Lipinski definition) is 1. The molecular weight excluding hydrogens is 238 g/mol.